The third-order valence-corrected chi connectivity index (χ3v) is 5.97. The second kappa shape index (κ2) is 8.37. The van der Waals surface area contributed by atoms with E-state index in [2.05, 4.69) is 23.7 Å². The first-order valence-electron chi connectivity index (χ1n) is 9.13. The molecule has 0 fully saturated rings. The third-order valence-electron chi connectivity index (χ3n) is 4.34. The highest BCUT2D eigenvalue weighted by atomic mass is 35.5. The van der Waals surface area contributed by atoms with Gasteiger partial charge in [0, 0.05) is 16.8 Å². The molecule has 3 rings (SSSR count). The van der Waals surface area contributed by atoms with E-state index in [0.717, 1.165) is 23.2 Å². The van der Waals surface area contributed by atoms with Gasteiger partial charge in [-0.3, -0.25) is 9.40 Å². The molecule has 0 aliphatic carbocycles. The Morgan fingerprint density at radius 3 is 2.25 bits per heavy atom. The van der Waals surface area contributed by atoms with Crippen molar-refractivity contribution >= 4 is 27.4 Å². The molecule has 1 N–H and O–H groups in total. The summed E-state index contributed by atoms with van der Waals surface area (Å²) in [7, 11) is -3.68. The highest BCUT2D eigenvalue weighted by Gasteiger charge is 2.17. The summed E-state index contributed by atoms with van der Waals surface area (Å²) >= 11 is 5.92. The summed E-state index contributed by atoms with van der Waals surface area (Å²) in [4.78, 5) is 0.227. The van der Waals surface area contributed by atoms with Crippen LogP contribution in [-0.4, -0.2) is 18.2 Å². The van der Waals surface area contributed by atoms with Crippen molar-refractivity contribution in [3.63, 3.8) is 0 Å². The zero-order chi connectivity index (χ0) is 20.3. The fraction of sp³-hybridized carbons (Fsp3) is 0.286. The van der Waals surface area contributed by atoms with Gasteiger partial charge in [-0.1, -0.05) is 49.7 Å². The minimum absolute atomic E-state index is 0.227. The van der Waals surface area contributed by atoms with Gasteiger partial charge >= 0.3 is 0 Å². The first kappa shape index (κ1) is 20.4. The number of benzene rings is 2. The van der Waals surface area contributed by atoms with Crippen molar-refractivity contribution in [3.8, 4) is 0 Å². The second-order valence-electron chi connectivity index (χ2n) is 7.30. The van der Waals surface area contributed by atoms with Crippen molar-refractivity contribution in [2.24, 2.45) is 5.92 Å². The Balaban J connectivity index is 1.74. The molecule has 0 bridgehead atoms. The quantitative estimate of drug-likeness (QED) is 0.595. The summed E-state index contributed by atoms with van der Waals surface area (Å²) in [5, 5.41) is 5.06. The molecule has 1 heterocycles. The predicted octanol–water partition coefficient (Wildman–Crippen LogP) is 4.89. The Bertz CT molecular complexity index is 1040. The van der Waals surface area contributed by atoms with Crippen LogP contribution in [0.15, 0.2) is 59.5 Å². The molecule has 3 aromatic rings. The minimum Gasteiger partial charge on any atom is -0.263 e. The van der Waals surface area contributed by atoms with Crippen molar-refractivity contribution in [1.82, 2.24) is 9.78 Å². The lowest BCUT2D eigenvalue weighted by Gasteiger charge is -2.08. The number of hydrogen-bond acceptors (Lipinski definition) is 3. The van der Waals surface area contributed by atoms with Gasteiger partial charge in [0.1, 0.15) is 0 Å². The Morgan fingerprint density at radius 1 is 1.04 bits per heavy atom. The highest BCUT2D eigenvalue weighted by molar-refractivity contribution is 7.92. The summed E-state index contributed by atoms with van der Waals surface area (Å²) in [5.41, 5.74) is 3.02. The summed E-state index contributed by atoms with van der Waals surface area (Å²) in [6, 6.07) is 16.2. The summed E-state index contributed by atoms with van der Waals surface area (Å²) in [6.07, 6.45) is 0.919. The highest BCUT2D eigenvalue weighted by Crippen LogP contribution is 2.19. The van der Waals surface area contributed by atoms with E-state index < -0.39 is 10.0 Å². The van der Waals surface area contributed by atoms with Crippen LogP contribution < -0.4 is 4.72 Å². The van der Waals surface area contributed by atoms with Crippen LogP contribution in [-0.2, 0) is 23.0 Å². The fourth-order valence-electron chi connectivity index (χ4n) is 2.96. The molecule has 0 atom stereocenters. The Morgan fingerprint density at radius 2 is 1.64 bits per heavy atom. The maximum atomic E-state index is 12.7. The number of sulfonamides is 1. The average Bonchev–Trinajstić information content (AvgIpc) is 2.95. The standard InChI is InChI=1S/C21H24ClN3O2S/c1-15(2)12-17-6-10-20(11-7-17)28(26,27)24-21-13-16(3)25(23-21)14-18-4-8-19(22)9-5-18/h4-11,13,15H,12,14H2,1-3H3,(H,23,24). The molecular weight excluding hydrogens is 394 g/mol. The molecule has 0 radical (unpaired) electrons. The Kier molecular flexibility index (Phi) is 6.10. The van der Waals surface area contributed by atoms with Gasteiger partial charge in [-0.2, -0.15) is 5.10 Å². The molecular formula is C21H24ClN3O2S. The fourth-order valence-corrected chi connectivity index (χ4v) is 4.07. The van der Waals surface area contributed by atoms with Gasteiger partial charge in [-0.15, -0.1) is 0 Å². The van der Waals surface area contributed by atoms with Gasteiger partial charge in [-0.25, -0.2) is 8.42 Å². The van der Waals surface area contributed by atoms with Crippen LogP contribution in [0.25, 0.3) is 0 Å². The summed E-state index contributed by atoms with van der Waals surface area (Å²) in [5.74, 6) is 0.825. The van der Waals surface area contributed by atoms with E-state index in [1.54, 1.807) is 22.9 Å². The smallest absolute Gasteiger partial charge is 0.263 e. The number of hydrogen-bond donors (Lipinski definition) is 1. The molecule has 0 spiro atoms. The van der Waals surface area contributed by atoms with Gasteiger partial charge in [0.15, 0.2) is 5.82 Å². The van der Waals surface area contributed by atoms with Crippen LogP contribution in [0.1, 0.15) is 30.7 Å². The first-order valence-corrected chi connectivity index (χ1v) is 11.0. The number of nitrogens with one attached hydrogen (secondary N) is 1. The lowest BCUT2D eigenvalue weighted by Crippen LogP contribution is -2.14. The van der Waals surface area contributed by atoms with E-state index in [1.165, 1.54) is 0 Å². The Hall–Kier alpha value is -2.31. The molecule has 148 valence electrons. The maximum absolute atomic E-state index is 12.7. The molecule has 1 aromatic heterocycles. The van der Waals surface area contributed by atoms with Gasteiger partial charge in [0.2, 0.25) is 0 Å². The molecule has 5 nitrogen and oxygen atoms in total. The van der Waals surface area contributed by atoms with Gasteiger partial charge < -0.3 is 0 Å². The number of aryl methyl sites for hydroxylation is 1. The van der Waals surface area contributed by atoms with E-state index >= 15 is 0 Å². The van der Waals surface area contributed by atoms with Gasteiger partial charge in [0.05, 0.1) is 11.4 Å². The van der Waals surface area contributed by atoms with Crippen molar-refractivity contribution in [3.05, 3.63) is 76.4 Å². The van der Waals surface area contributed by atoms with Gasteiger partial charge in [0.25, 0.3) is 10.0 Å². The van der Waals surface area contributed by atoms with Crippen LogP contribution in [0.4, 0.5) is 5.82 Å². The van der Waals surface area contributed by atoms with E-state index in [9.17, 15) is 8.42 Å². The normalized spacial score (nSPS) is 11.8. The number of aromatic nitrogens is 2. The Labute approximate surface area is 171 Å². The number of halogens is 1. The molecule has 0 aliphatic rings. The lowest BCUT2D eigenvalue weighted by atomic mass is 10.0. The number of anilines is 1. The van der Waals surface area contributed by atoms with Crippen LogP contribution in [0.3, 0.4) is 0 Å². The maximum Gasteiger partial charge on any atom is 0.263 e. The molecule has 28 heavy (non-hydrogen) atoms. The number of rotatable bonds is 7. The largest absolute Gasteiger partial charge is 0.263 e. The van der Waals surface area contributed by atoms with E-state index in [0.29, 0.717) is 23.3 Å². The molecule has 0 aliphatic heterocycles. The SMILES string of the molecule is Cc1cc(NS(=O)(=O)c2ccc(CC(C)C)cc2)nn1Cc1ccc(Cl)cc1. The summed E-state index contributed by atoms with van der Waals surface area (Å²) < 4.78 is 29.7. The van der Waals surface area contributed by atoms with E-state index in [4.69, 9.17) is 11.6 Å². The molecule has 0 unspecified atom stereocenters. The predicted molar refractivity (Wildman–Crippen MR) is 113 cm³/mol. The van der Waals surface area contributed by atoms with Crippen LogP contribution in [0.5, 0.6) is 0 Å². The molecule has 7 heteroatoms. The van der Waals surface area contributed by atoms with Crippen LogP contribution >= 0.6 is 11.6 Å². The van der Waals surface area contributed by atoms with E-state index in [1.807, 2.05) is 43.3 Å². The van der Waals surface area contributed by atoms with Gasteiger partial charge in [-0.05, 0) is 54.7 Å². The first-order chi connectivity index (χ1) is 13.2. The molecule has 0 saturated carbocycles. The van der Waals surface area contributed by atoms with Crippen molar-refractivity contribution in [2.75, 3.05) is 4.72 Å². The monoisotopic (exact) mass is 417 g/mol. The zero-order valence-electron chi connectivity index (χ0n) is 16.2. The van der Waals surface area contributed by atoms with Crippen molar-refractivity contribution in [2.45, 2.75) is 38.6 Å². The third kappa shape index (κ3) is 5.14. The second-order valence-corrected chi connectivity index (χ2v) is 9.42. The van der Waals surface area contributed by atoms with Crippen LogP contribution in [0.2, 0.25) is 5.02 Å². The van der Waals surface area contributed by atoms with Crippen LogP contribution in [0, 0.1) is 12.8 Å². The topological polar surface area (TPSA) is 64.0 Å². The van der Waals surface area contributed by atoms with Crippen molar-refractivity contribution < 1.29 is 8.42 Å². The zero-order valence-corrected chi connectivity index (χ0v) is 17.8. The molecule has 0 amide bonds. The van der Waals surface area contributed by atoms with Crippen molar-refractivity contribution in [1.29, 1.82) is 0 Å². The summed E-state index contributed by atoms with van der Waals surface area (Å²) in [6.45, 7) is 6.69. The molecule has 2 aromatic carbocycles. The number of nitrogens with zero attached hydrogens (tertiary/aromatic N) is 2. The van der Waals surface area contributed by atoms with E-state index in [-0.39, 0.29) is 4.90 Å². The molecule has 0 saturated heterocycles. The minimum atomic E-state index is -3.68. The lowest BCUT2D eigenvalue weighted by molar-refractivity contribution is 0.600. The average molecular weight is 418 g/mol.